The summed E-state index contributed by atoms with van der Waals surface area (Å²) < 4.78 is 42.7. The first kappa shape index (κ1) is 19.1. The molecule has 0 radical (unpaired) electrons. The Morgan fingerprint density at radius 2 is 1.81 bits per heavy atom. The van der Waals surface area contributed by atoms with E-state index in [9.17, 15) is 13.2 Å². The smallest absolute Gasteiger partial charge is 0.311 e. The molecule has 1 aliphatic heterocycles. The Bertz CT molecular complexity index is 934. The van der Waals surface area contributed by atoms with Gasteiger partial charge in [0.15, 0.2) is 0 Å². The number of hydrogen-bond acceptors (Lipinski definition) is 8. The van der Waals surface area contributed by atoms with E-state index in [0.29, 0.717) is 11.6 Å². The second-order valence-electron chi connectivity index (χ2n) is 5.84. The number of rotatable bonds is 5. The van der Waals surface area contributed by atoms with E-state index in [1.54, 1.807) is 13.0 Å². The van der Waals surface area contributed by atoms with Crippen LogP contribution in [0.5, 0.6) is 11.5 Å². The van der Waals surface area contributed by atoms with Gasteiger partial charge in [-0.2, -0.15) is 4.31 Å². The summed E-state index contributed by atoms with van der Waals surface area (Å²) in [6.45, 7) is 2.33. The number of carbonyl (C=O) groups is 1. The van der Waals surface area contributed by atoms with Crippen LogP contribution in [0.2, 0.25) is 0 Å². The molecule has 11 heteroatoms. The topological polar surface area (TPSA) is 115 Å². The van der Waals surface area contributed by atoms with Crippen LogP contribution in [-0.2, 0) is 10.0 Å². The largest absolute Gasteiger partial charge is 0.497 e. The summed E-state index contributed by atoms with van der Waals surface area (Å²) >= 11 is 0. The van der Waals surface area contributed by atoms with Crippen molar-refractivity contribution in [1.82, 2.24) is 19.4 Å². The van der Waals surface area contributed by atoms with Gasteiger partial charge in [-0.05, 0) is 12.1 Å². The molecule has 1 aromatic heterocycles. The van der Waals surface area contributed by atoms with Crippen LogP contribution >= 0.6 is 0 Å². The number of amides is 1. The van der Waals surface area contributed by atoms with Gasteiger partial charge in [0.1, 0.15) is 16.4 Å². The molecule has 0 N–H and O–H groups in total. The van der Waals surface area contributed by atoms with Crippen LogP contribution < -0.4 is 9.47 Å². The fourth-order valence-electron chi connectivity index (χ4n) is 2.78. The minimum atomic E-state index is -3.78. The van der Waals surface area contributed by atoms with E-state index in [4.69, 9.17) is 13.9 Å². The van der Waals surface area contributed by atoms with Gasteiger partial charge in [-0.25, -0.2) is 8.42 Å². The van der Waals surface area contributed by atoms with Crippen LogP contribution in [0, 0.1) is 6.92 Å². The van der Waals surface area contributed by atoms with Crippen LogP contribution in [0.1, 0.15) is 16.6 Å². The number of nitrogens with zero attached hydrogens (tertiary/aromatic N) is 4. The van der Waals surface area contributed by atoms with Crippen molar-refractivity contribution in [2.75, 3.05) is 40.4 Å². The van der Waals surface area contributed by atoms with E-state index in [0.717, 1.165) is 0 Å². The minimum Gasteiger partial charge on any atom is -0.497 e. The van der Waals surface area contributed by atoms with Crippen LogP contribution in [0.15, 0.2) is 27.5 Å². The lowest BCUT2D eigenvalue weighted by molar-refractivity contribution is 0.0656. The van der Waals surface area contributed by atoms with E-state index in [1.807, 2.05) is 0 Å². The maximum atomic E-state index is 13.0. The highest BCUT2D eigenvalue weighted by Gasteiger charge is 2.33. The molecule has 2 heterocycles. The Hall–Kier alpha value is -2.66. The summed E-state index contributed by atoms with van der Waals surface area (Å²) in [7, 11) is -0.886. The van der Waals surface area contributed by atoms with E-state index < -0.39 is 15.9 Å². The van der Waals surface area contributed by atoms with Gasteiger partial charge >= 0.3 is 11.8 Å². The Kier molecular flexibility index (Phi) is 5.33. The number of benzene rings is 1. The number of aryl methyl sites for hydroxylation is 1. The lowest BCUT2D eigenvalue weighted by atomic mass is 10.3. The predicted molar refractivity (Wildman–Crippen MR) is 93.2 cm³/mol. The number of methoxy groups -OCH3 is 2. The van der Waals surface area contributed by atoms with Crippen molar-refractivity contribution >= 4 is 15.9 Å². The number of hydrogen-bond donors (Lipinski definition) is 0. The Labute approximate surface area is 156 Å². The average molecular weight is 396 g/mol. The minimum absolute atomic E-state index is 0.0538. The number of aromatic nitrogens is 2. The summed E-state index contributed by atoms with van der Waals surface area (Å²) in [4.78, 5) is 13.9. The number of carbonyl (C=O) groups excluding carboxylic acids is 1. The van der Waals surface area contributed by atoms with Gasteiger partial charge < -0.3 is 18.8 Å². The molecular weight excluding hydrogens is 376 g/mol. The first-order valence-corrected chi connectivity index (χ1v) is 9.62. The van der Waals surface area contributed by atoms with Crippen LogP contribution in [-0.4, -0.2) is 74.1 Å². The molecule has 10 nitrogen and oxygen atoms in total. The first-order valence-electron chi connectivity index (χ1n) is 8.18. The van der Waals surface area contributed by atoms with Gasteiger partial charge in [0.25, 0.3) is 0 Å². The molecule has 0 spiro atoms. The van der Waals surface area contributed by atoms with Crippen LogP contribution in [0.4, 0.5) is 0 Å². The summed E-state index contributed by atoms with van der Waals surface area (Å²) in [5.74, 6) is 0.492. The van der Waals surface area contributed by atoms with Gasteiger partial charge in [0, 0.05) is 39.2 Å². The van der Waals surface area contributed by atoms with Crippen LogP contribution in [0.3, 0.4) is 0 Å². The SMILES string of the molecule is COc1ccc(S(=O)(=O)N2CCN(C(=O)c3nnc(C)o3)CC2)c(OC)c1. The third-order valence-electron chi connectivity index (χ3n) is 4.22. The molecule has 1 fully saturated rings. The van der Waals surface area contributed by atoms with Crippen molar-refractivity contribution < 1.29 is 27.1 Å². The zero-order valence-corrected chi connectivity index (χ0v) is 16.0. The lowest BCUT2D eigenvalue weighted by Crippen LogP contribution is -2.50. The molecule has 2 aromatic rings. The van der Waals surface area contributed by atoms with E-state index in [1.165, 1.54) is 35.6 Å². The molecule has 0 atom stereocenters. The molecule has 27 heavy (non-hydrogen) atoms. The van der Waals surface area contributed by atoms with Gasteiger partial charge in [-0.15, -0.1) is 10.2 Å². The first-order chi connectivity index (χ1) is 12.9. The fraction of sp³-hybridized carbons (Fsp3) is 0.438. The molecule has 1 aliphatic rings. The maximum absolute atomic E-state index is 13.0. The number of piperazine rings is 1. The second-order valence-corrected chi connectivity index (χ2v) is 7.75. The van der Waals surface area contributed by atoms with Crippen LogP contribution in [0.25, 0.3) is 0 Å². The highest BCUT2D eigenvalue weighted by atomic mass is 32.2. The number of ether oxygens (including phenoxy) is 2. The second kappa shape index (κ2) is 7.53. The molecule has 0 aliphatic carbocycles. The van der Waals surface area contributed by atoms with Crippen molar-refractivity contribution in [3.05, 3.63) is 30.0 Å². The zero-order valence-electron chi connectivity index (χ0n) is 15.2. The van der Waals surface area contributed by atoms with E-state index in [-0.39, 0.29) is 42.7 Å². The van der Waals surface area contributed by atoms with E-state index >= 15 is 0 Å². The third kappa shape index (κ3) is 3.74. The number of sulfonamides is 1. The Morgan fingerprint density at radius 3 is 2.37 bits per heavy atom. The van der Waals surface area contributed by atoms with Crippen molar-refractivity contribution in [1.29, 1.82) is 0 Å². The van der Waals surface area contributed by atoms with Crippen molar-refractivity contribution in [2.45, 2.75) is 11.8 Å². The molecule has 1 saturated heterocycles. The molecule has 0 bridgehead atoms. The summed E-state index contributed by atoms with van der Waals surface area (Å²) in [6, 6.07) is 4.53. The summed E-state index contributed by atoms with van der Waals surface area (Å²) in [6.07, 6.45) is 0. The maximum Gasteiger partial charge on any atom is 0.311 e. The third-order valence-corrected chi connectivity index (χ3v) is 6.16. The standard InChI is InChI=1S/C16H20N4O6S/c1-11-17-18-15(26-11)16(21)19-6-8-20(9-7-19)27(22,23)14-5-4-12(24-2)10-13(14)25-3/h4-5,10H,6-9H2,1-3H3. The quantitative estimate of drug-likeness (QED) is 0.719. The molecule has 1 amide bonds. The van der Waals surface area contributed by atoms with E-state index in [2.05, 4.69) is 10.2 Å². The highest BCUT2D eigenvalue weighted by molar-refractivity contribution is 7.89. The monoisotopic (exact) mass is 396 g/mol. The molecular formula is C16H20N4O6S. The van der Waals surface area contributed by atoms with Crippen molar-refractivity contribution in [2.24, 2.45) is 0 Å². The lowest BCUT2D eigenvalue weighted by Gasteiger charge is -2.33. The van der Waals surface area contributed by atoms with Gasteiger partial charge in [0.2, 0.25) is 15.9 Å². The highest BCUT2D eigenvalue weighted by Crippen LogP contribution is 2.31. The Balaban J connectivity index is 1.74. The fourth-order valence-corrected chi connectivity index (χ4v) is 4.34. The zero-order chi connectivity index (χ0) is 19.6. The Morgan fingerprint density at radius 1 is 1.11 bits per heavy atom. The average Bonchev–Trinajstić information content (AvgIpc) is 3.13. The summed E-state index contributed by atoms with van der Waals surface area (Å²) in [5, 5.41) is 7.34. The summed E-state index contributed by atoms with van der Waals surface area (Å²) in [5.41, 5.74) is 0. The molecule has 0 unspecified atom stereocenters. The van der Waals surface area contributed by atoms with Gasteiger partial charge in [-0.1, -0.05) is 0 Å². The molecule has 0 saturated carbocycles. The van der Waals surface area contributed by atoms with Crippen molar-refractivity contribution in [3.8, 4) is 11.5 Å². The molecule has 3 rings (SSSR count). The normalized spacial score (nSPS) is 15.6. The molecule has 146 valence electrons. The molecule has 1 aromatic carbocycles. The predicted octanol–water partition coefficient (Wildman–Crippen LogP) is 0.542. The van der Waals surface area contributed by atoms with Gasteiger partial charge in [0.05, 0.1) is 14.2 Å². The van der Waals surface area contributed by atoms with Gasteiger partial charge in [-0.3, -0.25) is 4.79 Å². The van der Waals surface area contributed by atoms with Crippen molar-refractivity contribution in [3.63, 3.8) is 0 Å².